The number of carboxylic acid groups (broad SMARTS) is 1. The topological polar surface area (TPSA) is 58.6 Å². The van der Waals surface area contributed by atoms with Crippen molar-refractivity contribution in [1.82, 2.24) is 5.32 Å². The number of halogens is 2. The molecule has 1 unspecified atom stereocenters. The van der Waals surface area contributed by atoms with E-state index in [0.29, 0.717) is 0 Å². The van der Waals surface area contributed by atoms with Crippen molar-refractivity contribution < 1.29 is 23.4 Å². The van der Waals surface area contributed by atoms with Crippen molar-refractivity contribution >= 4 is 5.97 Å². The first-order valence-electron chi connectivity index (χ1n) is 5.39. The van der Waals surface area contributed by atoms with E-state index in [4.69, 9.17) is 9.84 Å². The van der Waals surface area contributed by atoms with Crippen molar-refractivity contribution in [2.45, 2.75) is 18.9 Å². The fourth-order valence-electron chi connectivity index (χ4n) is 1.29. The van der Waals surface area contributed by atoms with E-state index in [0.717, 1.165) is 18.2 Å². The minimum absolute atomic E-state index is 0.0377. The van der Waals surface area contributed by atoms with Crippen molar-refractivity contribution in [2.24, 2.45) is 0 Å². The lowest BCUT2D eigenvalue weighted by Crippen LogP contribution is -2.48. The van der Waals surface area contributed by atoms with Gasteiger partial charge >= 0.3 is 5.97 Å². The zero-order valence-corrected chi connectivity index (χ0v) is 10.2. The molecule has 0 saturated heterocycles. The molecule has 100 valence electrons. The molecule has 6 heteroatoms. The monoisotopic (exact) mass is 259 g/mol. The van der Waals surface area contributed by atoms with E-state index in [2.05, 4.69) is 5.32 Å². The van der Waals surface area contributed by atoms with Crippen LogP contribution in [0.1, 0.15) is 13.3 Å². The molecule has 1 aromatic carbocycles. The van der Waals surface area contributed by atoms with E-state index in [1.54, 1.807) is 0 Å². The second kappa shape index (κ2) is 5.77. The Morgan fingerprint density at radius 3 is 2.72 bits per heavy atom. The van der Waals surface area contributed by atoms with Crippen LogP contribution in [-0.4, -0.2) is 30.3 Å². The first-order chi connectivity index (χ1) is 8.39. The Morgan fingerprint density at radius 2 is 2.17 bits per heavy atom. The maximum Gasteiger partial charge on any atom is 0.323 e. The molecule has 0 spiro atoms. The number of benzene rings is 1. The van der Waals surface area contributed by atoms with Crippen LogP contribution in [0.4, 0.5) is 8.78 Å². The summed E-state index contributed by atoms with van der Waals surface area (Å²) in [5.41, 5.74) is -1.16. The molecule has 0 saturated carbocycles. The van der Waals surface area contributed by atoms with Crippen molar-refractivity contribution in [3.8, 4) is 5.75 Å². The quantitative estimate of drug-likeness (QED) is 0.817. The second-order valence-corrected chi connectivity index (χ2v) is 4.06. The van der Waals surface area contributed by atoms with Crippen LogP contribution in [0.3, 0.4) is 0 Å². The van der Waals surface area contributed by atoms with Crippen LogP contribution in [0.25, 0.3) is 0 Å². The van der Waals surface area contributed by atoms with Gasteiger partial charge in [0.05, 0.1) is 6.61 Å². The maximum absolute atomic E-state index is 13.2. The van der Waals surface area contributed by atoms with E-state index in [-0.39, 0.29) is 18.8 Å². The van der Waals surface area contributed by atoms with Crippen LogP contribution >= 0.6 is 0 Å². The molecule has 18 heavy (non-hydrogen) atoms. The van der Waals surface area contributed by atoms with Crippen molar-refractivity contribution in [1.29, 1.82) is 0 Å². The molecule has 0 aromatic heterocycles. The third-order valence-corrected chi connectivity index (χ3v) is 2.78. The van der Waals surface area contributed by atoms with Crippen LogP contribution in [0, 0.1) is 11.6 Å². The predicted octanol–water partition coefficient (Wildman–Crippen LogP) is 1.80. The summed E-state index contributed by atoms with van der Waals surface area (Å²) in [5.74, 6) is -2.55. The Kier molecular flexibility index (Phi) is 4.61. The SMILES string of the molecule is CNC(C)(CCOc1cc(F)ccc1F)C(=O)O. The lowest BCUT2D eigenvalue weighted by Gasteiger charge is -2.23. The smallest absolute Gasteiger partial charge is 0.323 e. The predicted molar refractivity (Wildman–Crippen MR) is 61.6 cm³/mol. The standard InChI is InChI=1S/C12H15F2NO3/c1-12(15-2,11(16)17)5-6-18-10-7-8(13)3-4-9(10)14/h3-4,7,15H,5-6H2,1-2H3,(H,16,17). The molecule has 0 amide bonds. The third kappa shape index (κ3) is 3.40. The molecule has 0 bridgehead atoms. The molecule has 4 nitrogen and oxygen atoms in total. The summed E-state index contributed by atoms with van der Waals surface area (Å²) in [7, 11) is 1.51. The Balaban J connectivity index is 2.61. The highest BCUT2D eigenvalue weighted by Crippen LogP contribution is 2.19. The third-order valence-electron chi connectivity index (χ3n) is 2.78. The normalized spacial score (nSPS) is 14.0. The summed E-state index contributed by atoms with van der Waals surface area (Å²) in [4.78, 5) is 11.0. The molecule has 0 aliphatic heterocycles. The zero-order valence-electron chi connectivity index (χ0n) is 10.2. The Morgan fingerprint density at radius 1 is 1.50 bits per heavy atom. The summed E-state index contributed by atoms with van der Waals surface area (Å²) in [6, 6.07) is 2.86. The van der Waals surface area contributed by atoms with E-state index >= 15 is 0 Å². The van der Waals surface area contributed by atoms with Gasteiger partial charge in [-0.05, 0) is 26.1 Å². The molecule has 0 aliphatic rings. The van der Waals surface area contributed by atoms with Gasteiger partial charge in [0, 0.05) is 12.5 Å². The van der Waals surface area contributed by atoms with Crippen molar-refractivity contribution in [2.75, 3.05) is 13.7 Å². The largest absolute Gasteiger partial charge is 0.490 e. The van der Waals surface area contributed by atoms with Crippen LogP contribution in [0.15, 0.2) is 18.2 Å². The number of nitrogens with one attached hydrogen (secondary N) is 1. The first kappa shape index (κ1) is 14.4. The van der Waals surface area contributed by atoms with Crippen LogP contribution in [0.2, 0.25) is 0 Å². The highest BCUT2D eigenvalue weighted by atomic mass is 19.1. The van der Waals surface area contributed by atoms with Gasteiger partial charge in [0.2, 0.25) is 0 Å². The number of carbonyl (C=O) groups is 1. The van der Waals surface area contributed by atoms with Crippen LogP contribution in [0.5, 0.6) is 5.75 Å². The van der Waals surface area contributed by atoms with Gasteiger partial charge < -0.3 is 15.2 Å². The fraction of sp³-hybridized carbons (Fsp3) is 0.417. The first-order valence-corrected chi connectivity index (χ1v) is 5.39. The highest BCUT2D eigenvalue weighted by molar-refractivity contribution is 5.78. The number of hydrogen-bond acceptors (Lipinski definition) is 3. The summed E-state index contributed by atoms with van der Waals surface area (Å²) in [6.45, 7) is 1.45. The molecule has 1 rings (SSSR count). The number of carboxylic acids is 1. The summed E-state index contributed by atoms with van der Waals surface area (Å²) < 4.78 is 31.1. The molecular weight excluding hydrogens is 244 g/mol. The van der Waals surface area contributed by atoms with Crippen LogP contribution in [-0.2, 0) is 4.79 Å². The van der Waals surface area contributed by atoms with E-state index < -0.39 is 23.1 Å². The van der Waals surface area contributed by atoms with E-state index in [1.807, 2.05) is 0 Å². The van der Waals surface area contributed by atoms with Gasteiger partial charge in [-0.3, -0.25) is 4.79 Å². The zero-order chi connectivity index (χ0) is 13.8. The van der Waals surface area contributed by atoms with Gasteiger partial charge in [-0.15, -0.1) is 0 Å². The van der Waals surface area contributed by atoms with E-state index in [1.165, 1.54) is 14.0 Å². The second-order valence-electron chi connectivity index (χ2n) is 4.06. The van der Waals surface area contributed by atoms with E-state index in [9.17, 15) is 13.6 Å². The fourth-order valence-corrected chi connectivity index (χ4v) is 1.29. The molecule has 2 N–H and O–H groups in total. The molecular formula is C12H15F2NO3. The minimum atomic E-state index is -1.16. The molecule has 0 aliphatic carbocycles. The number of likely N-dealkylation sites (N-methyl/N-ethyl adjacent to an activating group) is 1. The van der Waals surface area contributed by atoms with Gasteiger partial charge in [0.25, 0.3) is 0 Å². The minimum Gasteiger partial charge on any atom is -0.490 e. The Labute approximate surface area is 104 Å². The molecule has 1 aromatic rings. The van der Waals surface area contributed by atoms with Gasteiger partial charge in [-0.25, -0.2) is 8.78 Å². The van der Waals surface area contributed by atoms with Crippen molar-refractivity contribution in [3.63, 3.8) is 0 Å². The lowest BCUT2D eigenvalue weighted by atomic mass is 9.99. The van der Waals surface area contributed by atoms with Gasteiger partial charge in [-0.2, -0.15) is 0 Å². The molecule has 0 fully saturated rings. The summed E-state index contributed by atoms with van der Waals surface area (Å²) >= 11 is 0. The maximum atomic E-state index is 13.2. The number of ether oxygens (including phenoxy) is 1. The summed E-state index contributed by atoms with van der Waals surface area (Å²) in [5, 5.41) is 11.6. The highest BCUT2D eigenvalue weighted by Gasteiger charge is 2.30. The van der Waals surface area contributed by atoms with Crippen molar-refractivity contribution in [3.05, 3.63) is 29.8 Å². The van der Waals surface area contributed by atoms with Crippen LogP contribution < -0.4 is 10.1 Å². The Hall–Kier alpha value is -1.69. The average molecular weight is 259 g/mol. The van der Waals surface area contributed by atoms with Gasteiger partial charge in [0.15, 0.2) is 11.6 Å². The Bertz CT molecular complexity index is 439. The number of hydrogen-bond donors (Lipinski definition) is 2. The van der Waals surface area contributed by atoms with Gasteiger partial charge in [0.1, 0.15) is 11.4 Å². The summed E-state index contributed by atoms with van der Waals surface area (Å²) in [6.07, 6.45) is 0.120. The lowest BCUT2D eigenvalue weighted by molar-refractivity contribution is -0.144. The number of rotatable bonds is 6. The molecule has 0 radical (unpaired) electrons. The van der Waals surface area contributed by atoms with Gasteiger partial charge in [-0.1, -0.05) is 0 Å². The average Bonchev–Trinajstić information content (AvgIpc) is 2.33. The number of aliphatic carboxylic acids is 1. The molecule has 1 atom stereocenters. The molecule has 0 heterocycles.